The van der Waals surface area contributed by atoms with Crippen molar-refractivity contribution < 1.29 is 38.8 Å². The number of hydrogen-bond acceptors (Lipinski definition) is 10. The van der Waals surface area contributed by atoms with Gasteiger partial charge in [-0.25, -0.2) is 0 Å². The van der Waals surface area contributed by atoms with Crippen molar-refractivity contribution in [1.29, 1.82) is 0 Å². The Labute approximate surface area is 261 Å². The highest BCUT2D eigenvalue weighted by Crippen LogP contribution is 2.39. The molecule has 0 aliphatic heterocycles. The van der Waals surface area contributed by atoms with Crippen LogP contribution >= 0.6 is 0 Å². The maximum Gasteiger partial charge on any atom is 0.320 e. The minimum Gasteiger partial charge on any atom is -0.507 e. The van der Waals surface area contributed by atoms with Crippen LogP contribution in [-0.2, 0) is 47.1 Å². The summed E-state index contributed by atoms with van der Waals surface area (Å²) in [5.74, 6) is -0.987. The minimum absolute atomic E-state index is 0.0824. The van der Waals surface area contributed by atoms with Gasteiger partial charge in [-0.15, -0.1) is 0 Å². The Morgan fingerprint density at radius 3 is 1.39 bits per heavy atom. The Morgan fingerprint density at radius 2 is 1.02 bits per heavy atom. The van der Waals surface area contributed by atoms with Gasteiger partial charge < -0.3 is 24.4 Å². The zero-order chi connectivity index (χ0) is 33.0. The first-order valence-corrected chi connectivity index (χ1v) is 15.3. The fourth-order valence-corrected chi connectivity index (χ4v) is 5.18. The molecule has 44 heavy (non-hydrogen) atoms. The van der Waals surface area contributed by atoms with Crippen LogP contribution in [0.5, 0.6) is 11.5 Å². The summed E-state index contributed by atoms with van der Waals surface area (Å²) in [7, 11) is 0. The molecular formula is C34H50N2O8. The first-order chi connectivity index (χ1) is 20.8. The molecule has 2 aromatic rings. The van der Waals surface area contributed by atoms with E-state index >= 15 is 0 Å². The molecule has 0 bridgehead atoms. The molecule has 0 saturated heterocycles. The Hall–Kier alpha value is -3.63. The lowest BCUT2D eigenvalue weighted by molar-refractivity contribution is -0.148. The number of phenols is 2. The Bertz CT molecular complexity index is 1270. The fourth-order valence-electron chi connectivity index (χ4n) is 5.18. The zero-order valence-corrected chi connectivity index (χ0v) is 27.6. The highest BCUT2D eigenvalue weighted by atomic mass is 16.5. The molecule has 10 nitrogen and oxygen atoms in total. The first kappa shape index (κ1) is 36.6. The second-order valence-electron chi connectivity index (χ2n) is 11.5. The van der Waals surface area contributed by atoms with Crippen molar-refractivity contribution in [1.82, 2.24) is 9.80 Å². The summed E-state index contributed by atoms with van der Waals surface area (Å²) in [6.45, 7) is 16.8. The molecule has 2 N–H and O–H groups in total. The third kappa shape index (κ3) is 10.2. The van der Waals surface area contributed by atoms with Crippen LogP contribution in [0.15, 0.2) is 24.3 Å². The zero-order valence-electron chi connectivity index (χ0n) is 27.6. The van der Waals surface area contributed by atoms with E-state index in [2.05, 4.69) is 13.8 Å². The predicted molar refractivity (Wildman–Crippen MR) is 169 cm³/mol. The molecule has 2 rings (SSSR count). The third-order valence-electron chi connectivity index (χ3n) is 7.50. The summed E-state index contributed by atoms with van der Waals surface area (Å²) in [5, 5.41) is 22.0. The van der Waals surface area contributed by atoms with Crippen LogP contribution in [0.4, 0.5) is 0 Å². The van der Waals surface area contributed by atoms with Gasteiger partial charge in [0.05, 0.1) is 39.5 Å². The van der Waals surface area contributed by atoms with Crippen LogP contribution in [-0.4, -0.2) is 83.9 Å². The molecule has 0 fully saturated rings. The second kappa shape index (κ2) is 17.0. The van der Waals surface area contributed by atoms with Crippen molar-refractivity contribution in [2.24, 2.45) is 0 Å². The molecule has 0 heterocycles. The normalized spacial score (nSPS) is 11.6. The average Bonchev–Trinajstić information content (AvgIpc) is 2.93. The number of carbonyl (C=O) groups is 3. The standard InChI is InChI=1S/C34H50N2O8/c1-9-13-35(20-29(37)42-10-2)18-25-16-27(14-23(5)32(25)40)34(7,8)28-15-24(6)33(41)26(17-28)19-36(21-30(38)43-11-3)22-31(39)44-12-4/h14-17,40-41H,9-13,18-22H2,1-8H3. The van der Waals surface area contributed by atoms with Crippen molar-refractivity contribution >= 4 is 17.9 Å². The van der Waals surface area contributed by atoms with E-state index in [1.54, 1.807) is 25.7 Å². The Balaban J connectivity index is 2.50. The predicted octanol–water partition coefficient (Wildman–Crippen LogP) is 4.74. The average molecular weight is 615 g/mol. The molecule has 0 aliphatic carbocycles. The van der Waals surface area contributed by atoms with E-state index in [1.807, 2.05) is 49.9 Å². The minimum atomic E-state index is -0.565. The number of carbonyl (C=O) groups excluding carboxylic acids is 3. The van der Waals surface area contributed by atoms with E-state index in [0.29, 0.717) is 42.0 Å². The van der Waals surface area contributed by atoms with Gasteiger partial charge in [0.15, 0.2) is 0 Å². The molecule has 0 unspecified atom stereocenters. The van der Waals surface area contributed by atoms with Crippen LogP contribution in [0.3, 0.4) is 0 Å². The number of aromatic hydroxyl groups is 2. The third-order valence-corrected chi connectivity index (χ3v) is 7.50. The number of hydrogen-bond donors (Lipinski definition) is 2. The van der Waals surface area contributed by atoms with Crippen LogP contribution in [0, 0.1) is 13.8 Å². The summed E-state index contributed by atoms with van der Waals surface area (Å²) in [5.41, 5.74) is 3.91. The molecule has 0 saturated carbocycles. The van der Waals surface area contributed by atoms with Gasteiger partial charge in [-0.1, -0.05) is 32.9 Å². The molecule has 0 spiro atoms. The van der Waals surface area contributed by atoms with Crippen molar-refractivity contribution in [3.63, 3.8) is 0 Å². The fraction of sp³-hybridized carbons (Fsp3) is 0.559. The molecule has 2 aromatic carbocycles. The van der Waals surface area contributed by atoms with Crippen molar-refractivity contribution in [3.05, 3.63) is 57.6 Å². The van der Waals surface area contributed by atoms with Crippen molar-refractivity contribution in [3.8, 4) is 11.5 Å². The molecule has 244 valence electrons. The van der Waals surface area contributed by atoms with Gasteiger partial charge in [0.2, 0.25) is 0 Å². The SMILES string of the molecule is CCCN(CC(=O)OCC)Cc1cc(C(C)(C)c2cc(C)c(O)c(CN(CC(=O)OCC)CC(=O)OCC)c2)cc(C)c1O. The van der Waals surface area contributed by atoms with E-state index < -0.39 is 17.4 Å². The summed E-state index contributed by atoms with van der Waals surface area (Å²) in [6.07, 6.45) is 0.837. The molecule has 0 radical (unpaired) electrons. The molecule has 0 amide bonds. The molecule has 10 heteroatoms. The highest BCUT2D eigenvalue weighted by Gasteiger charge is 2.28. The lowest BCUT2D eigenvalue weighted by Gasteiger charge is -2.30. The second-order valence-corrected chi connectivity index (χ2v) is 11.5. The topological polar surface area (TPSA) is 126 Å². The summed E-state index contributed by atoms with van der Waals surface area (Å²) >= 11 is 0. The van der Waals surface area contributed by atoms with E-state index in [1.165, 1.54) is 0 Å². The van der Waals surface area contributed by atoms with Gasteiger partial charge in [0, 0.05) is 29.6 Å². The van der Waals surface area contributed by atoms with Crippen molar-refractivity contribution in [2.45, 2.75) is 80.3 Å². The number of phenolic OH excluding ortho intramolecular Hbond substituents is 2. The number of aryl methyl sites for hydroxylation is 2. The van der Waals surface area contributed by atoms with Gasteiger partial charge in [-0.2, -0.15) is 0 Å². The number of ether oxygens (including phenoxy) is 3. The summed E-state index contributed by atoms with van der Waals surface area (Å²) < 4.78 is 15.4. The van der Waals surface area contributed by atoms with Crippen LogP contribution in [0.2, 0.25) is 0 Å². The number of benzene rings is 2. The maximum absolute atomic E-state index is 12.3. The number of rotatable bonds is 17. The van der Waals surface area contributed by atoms with Crippen molar-refractivity contribution in [2.75, 3.05) is 46.0 Å². The quantitative estimate of drug-likeness (QED) is 0.191. The molecule has 0 aliphatic rings. The van der Waals surface area contributed by atoms with Gasteiger partial charge in [-0.3, -0.25) is 24.2 Å². The largest absolute Gasteiger partial charge is 0.507 e. The van der Waals surface area contributed by atoms with Gasteiger partial charge in [0.25, 0.3) is 0 Å². The Morgan fingerprint density at radius 1 is 0.659 bits per heavy atom. The first-order valence-electron chi connectivity index (χ1n) is 15.3. The molecule has 0 aromatic heterocycles. The van der Waals surface area contributed by atoms with E-state index in [4.69, 9.17) is 14.2 Å². The smallest absolute Gasteiger partial charge is 0.320 e. The highest BCUT2D eigenvalue weighted by molar-refractivity contribution is 5.75. The van der Waals surface area contributed by atoms with E-state index in [0.717, 1.165) is 17.5 Å². The van der Waals surface area contributed by atoms with Gasteiger partial charge in [-0.05, 0) is 82.0 Å². The monoisotopic (exact) mass is 614 g/mol. The summed E-state index contributed by atoms with van der Waals surface area (Å²) in [6, 6.07) is 7.72. The maximum atomic E-state index is 12.3. The Kier molecular flexibility index (Phi) is 14.1. The summed E-state index contributed by atoms with van der Waals surface area (Å²) in [4.78, 5) is 40.4. The van der Waals surface area contributed by atoms with Gasteiger partial charge in [0.1, 0.15) is 11.5 Å². The lowest BCUT2D eigenvalue weighted by Crippen LogP contribution is -2.36. The molecular weight excluding hydrogens is 564 g/mol. The van der Waals surface area contributed by atoms with Crippen LogP contribution in [0.1, 0.15) is 81.3 Å². The molecule has 0 atom stereocenters. The lowest BCUT2D eigenvalue weighted by atomic mass is 9.76. The van der Waals surface area contributed by atoms with E-state index in [-0.39, 0.29) is 56.9 Å². The number of nitrogens with zero attached hydrogens (tertiary/aromatic N) is 2. The van der Waals surface area contributed by atoms with E-state index in [9.17, 15) is 24.6 Å². The van der Waals surface area contributed by atoms with Crippen LogP contribution < -0.4 is 0 Å². The van der Waals surface area contributed by atoms with Gasteiger partial charge >= 0.3 is 17.9 Å². The van der Waals surface area contributed by atoms with Crippen LogP contribution in [0.25, 0.3) is 0 Å². The number of esters is 3.